The molecule has 21 heavy (non-hydrogen) atoms. The second-order valence-electron chi connectivity index (χ2n) is 5.63. The molecule has 0 unspecified atom stereocenters. The molecule has 0 aliphatic heterocycles. The second kappa shape index (κ2) is 4.52. The minimum atomic E-state index is -0.102. The number of nitrogens with one attached hydrogen (secondary N) is 1. The molecule has 0 spiro atoms. The molecule has 0 amide bonds. The Hall–Kier alpha value is -2.49. The third-order valence-corrected chi connectivity index (χ3v) is 3.92. The maximum Gasteiger partial charge on any atom is 0.251 e. The lowest BCUT2D eigenvalue weighted by Crippen LogP contribution is -2.10. The highest BCUT2D eigenvalue weighted by molar-refractivity contribution is 5.84. The molecule has 3 aromatic rings. The van der Waals surface area contributed by atoms with Gasteiger partial charge in [0.25, 0.3) is 5.56 Å². The molecule has 4 nitrogen and oxygen atoms in total. The quantitative estimate of drug-likeness (QED) is 0.782. The molecule has 4 rings (SSSR count). The maximum absolute atomic E-state index is 11.8. The van der Waals surface area contributed by atoms with E-state index in [0.29, 0.717) is 11.7 Å². The fourth-order valence-electron chi connectivity index (χ4n) is 2.66. The number of aromatic amines is 1. The van der Waals surface area contributed by atoms with E-state index in [0.717, 1.165) is 40.7 Å². The Labute approximate surface area is 121 Å². The van der Waals surface area contributed by atoms with Crippen LogP contribution in [0.5, 0.6) is 0 Å². The summed E-state index contributed by atoms with van der Waals surface area (Å²) in [6, 6.07) is 11.6. The number of aromatic nitrogens is 3. The van der Waals surface area contributed by atoms with Crippen molar-refractivity contribution in [2.24, 2.45) is 0 Å². The van der Waals surface area contributed by atoms with Crippen LogP contribution in [0.15, 0.2) is 41.2 Å². The molecule has 104 valence electrons. The van der Waals surface area contributed by atoms with E-state index in [1.54, 1.807) is 6.07 Å². The minimum absolute atomic E-state index is 0.102. The van der Waals surface area contributed by atoms with Gasteiger partial charge in [0.15, 0.2) is 5.82 Å². The molecule has 4 heteroatoms. The highest BCUT2D eigenvalue weighted by Crippen LogP contribution is 2.38. The molecule has 0 saturated heterocycles. The molecule has 0 bridgehead atoms. The number of hydrogen-bond donors (Lipinski definition) is 1. The third-order valence-electron chi connectivity index (χ3n) is 3.92. The van der Waals surface area contributed by atoms with Gasteiger partial charge in [-0.25, -0.2) is 9.97 Å². The van der Waals surface area contributed by atoms with Gasteiger partial charge in [-0.3, -0.25) is 4.79 Å². The molecule has 2 aromatic heterocycles. The Balaban J connectivity index is 1.91. The standard InChI is InChI=1S/C17H15N3O/c1-10-8-15(18-13-5-3-2-4-12(10)13)17-19-14(11-6-7-11)9-16(21)20-17/h2-5,8-9,11H,6-7H2,1H3,(H,19,20,21). The van der Waals surface area contributed by atoms with E-state index in [1.807, 2.05) is 24.3 Å². The summed E-state index contributed by atoms with van der Waals surface area (Å²) >= 11 is 0. The number of rotatable bonds is 2. The van der Waals surface area contributed by atoms with Gasteiger partial charge in [-0.05, 0) is 37.5 Å². The van der Waals surface area contributed by atoms with Crippen LogP contribution >= 0.6 is 0 Å². The van der Waals surface area contributed by atoms with Crippen molar-refractivity contribution in [1.29, 1.82) is 0 Å². The van der Waals surface area contributed by atoms with Crippen LogP contribution < -0.4 is 5.56 Å². The van der Waals surface area contributed by atoms with Gasteiger partial charge in [-0.15, -0.1) is 0 Å². The van der Waals surface area contributed by atoms with Gasteiger partial charge in [-0.2, -0.15) is 0 Å². The largest absolute Gasteiger partial charge is 0.305 e. The van der Waals surface area contributed by atoms with Crippen LogP contribution in [0.2, 0.25) is 0 Å². The summed E-state index contributed by atoms with van der Waals surface area (Å²) in [6.07, 6.45) is 2.25. The summed E-state index contributed by atoms with van der Waals surface area (Å²) in [4.78, 5) is 23.9. The van der Waals surface area contributed by atoms with Gasteiger partial charge in [0.05, 0.1) is 11.2 Å². The lowest BCUT2D eigenvalue weighted by atomic mass is 10.1. The van der Waals surface area contributed by atoms with Crippen molar-refractivity contribution in [2.75, 3.05) is 0 Å². The van der Waals surface area contributed by atoms with Crippen LogP contribution in [-0.2, 0) is 0 Å². The van der Waals surface area contributed by atoms with Crippen molar-refractivity contribution in [3.05, 3.63) is 58.0 Å². The van der Waals surface area contributed by atoms with Gasteiger partial charge in [-0.1, -0.05) is 18.2 Å². The van der Waals surface area contributed by atoms with Crippen molar-refractivity contribution < 1.29 is 0 Å². The molecule has 1 saturated carbocycles. The summed E-state index contributed by atoms with van der Waals surface area (Å²) in [5, 5.41) is 1.13. The first-order valence-corrected chi connectivity index (χ1v) is 7.19. The van der Waals surface area contributed by atoms with Gasteiger partial charge >= 0.3 is 0 Å². The van der Waals surface area contributed by atoms with E-state index in [9.17, 15) is 4.79 Å². The highest BCUT2D eigenvalue weighted by atomic mass is 16.1. The van der Waals surface area contributed by atoms with E-state index in [-0.39, 0.29) is 5.56 Å². The van der Waals surface area contributed by atoms with Crippen LogP contribution in [0.4, 0.5) is 0 Å². The van der Waals surface area contributed by atoms with Crippen LogP contribution in [0.3, 0.4) is 0 Å². The zero-order valence-corrected chi connectivity index (χ0v) is 11.8. The Morgan fingerprint density at radius 2 is 1.95 bits per heavy atom. The molecule has 1 N–H and O–H groups in total. The minimum Gasteiger partial charge on any atom is -0.305 e. The highest BCUT2D eigenvalue weighted by Gasteiger charge is 2.26. The molecule has 0 atom stereocenters. The zero-order valence-electron chi connectivity index (χ0n) is 11.8. The van der Waals surface area contributed by atoms with E-state index >= 15 is 0 Å². The number of pyridine rings is 1. The number of hydrogen-bond acceptors (Lipinski definition) is 3. The topological polar surface area (TPSA) is 58.6 Å². The Morgan fingerprint density at radius 3 is 2.76 bits per heavy atom. The maximum atomic E-state index is 11.8. The van der Waals surface area contributed by atoms with Gasteiger partial charge in [0.2, 0.25) is 0 Å². The molecule has 0 radical (unpaired) electrons. The zero-order chi connectivity index (χ0) is 14.4. The normalized spacial score (nSPS) is 14.5. The fourth-order valence-corrected chi connectivity index (χ4v) is 2.66. The van der Waals surface area contributed by atoms with Crippen LogP contribution in [0.1, 0.15) is 30.0 Å². The summed E-state index contributed by atoms with van der Waals surface area (Å²) in [7, 11) is 0. The molecule has 1 aliphatic carbocycles. The monoisotopic (exact) mass is 277 g/mol. The molecule has 2 heterocycles. The summed E-state index contributed by atoms with van der Waals surface area (Å²) in [5.41, 5.74) is 3.57. The summed E-state index contributed by atoms with van der Waals surface area (Å²) in [6.45, 7) is 2.05. The Bertz CT molecular complexity index is 894. The number of para-hydroxylation sites is 1. The van der Waals surface area contributed by atoms with Crippen molar-refractivity contribution in [1.82, 2.24) is 15.0 Å². The molecule has 1 fully saturated rings. The smallest absolute Gasteiger partial charge is 0.251 e. The number of fused-ring (bicyclic) bond motifs is 1. The van der Waals surface area contributed by atoms with Crippen LogP contribution in [-0.4, -0.2) is 15.0 Å². The first-order valence-electron chi connectivity index (χ1n) is 7.19. The summed E-state index contributed by atoms with van der Waals surface area (Å²) in [5.74, 6) is 1.02. The Morgan fingerprint density at radius 1 is 1.14 bits per heavy atom. The lowest BCUT2D eigenvalue weighted by molar-refractivity contribution is 0.971. The van der Waals surface area contributed by atoms with Crippen molar-refractivity contribution >= 4 is 10.9 Å². The van der Waals surface area contributed by atoms with Gasteiger partial charge < -0.3 is 4.98 Å². The van der Waals surface area contributed by atoms with Crippen molar-refractivity contribution in [3.63, 3.8) is 0 Å². The first kappa shape index (κ1) is 12.3. The van der Waals surface area contributed by atoms with E-state index < -0.39 is 0 Å². The third kappa shape index (κ3) is 2.23. The van der Waals surface area contributed by atoms with E-state index in [4.69, 9.17) is 0 Å². The van der Waals surface area contributed by atoms with Crippen LogP contribution in [0.25, 0.3) is 22.4 Å². The molecular weight excluding hydrogens is 262 g/mol. The first-order chi connectivity index (χ1) is 10.2. The molecular formula is C17H15N3O. The molecule has 1 aliphatic rings. The van der Waals surface area contributed by atoms with Crippen molar-refractivity contribution in [2.45, 2.75) is 25.7 Å². The van der Waals surface area contributed by atoms with E-state index in [1.165, 1.54) is 0 Å². The molecule has 1 aromatic carbocycles. The number of nitrogens with zero attached hydrogens (tertiary/aromatic N) is 2. The van der Waals surface area contributed by atoms with Crippen molar-refractivity contribution in [3.8, 4) is 11.5 Å². The SMILES string of the molecule is Cc1cc(-c2nc(C3CC3)cc(=O)[nH]2)nc2ccccc12. The Kier molecular flexibility index (Phi) is 2.64. The average molecular weight is 277 g/mol. The lowest BCUT2D eigenvalue weighted by Gasteiger charge is -2.07. The second-order valence-corrected chi connectivity index (χ2v) is 5.63. The number of H-pyrrole nitrogens is 1. The van der Waals surface area contributed by atoms with E-state index in [2.05, 4.69) is 27.9 Å². The number of benzene rings is 1. The predicted molar refractivity (Wildman–Crippen MR) is 82.3 cm³/mol. The fraction of sp³-hybridized carbons (Fsp3) is 0.235. The van der Waals surface area contributed by atoms with Gasteiger partial charge in [0.1, 0.15) is 5.69 Å². The summed E-state index contributed by atoms with van der Waals surface area (Å²) < 4.78 is 0. The van der Waals surface area contributed by atoms with Gasteiger partial charge in [0, 0.05) is 17.4 Å². The predicted octanol–water partition coefficient (Wildman–Crippen LogP) is 3.17. The van der Waals surface area contributed by atoms with Crippen LogP contribution in [0, 0.1) is 6.92 Å². The number of aryl methyl sites for hydroxylation is 1. The average Bonchev–Trinajstić information content (AvgIpc) is 3.31.